The van der Waals surface area contributed by atoms with Gasteiger partial charge >= 0.3 is 0 Å². The molecule has 3 rings (SSSR count). The van der Waals surface area contributed by atoms with Crippen molar-refractivity contribution in [2.24, 2.45) is 0 Å². The molecule has 0 aliphatic carbocycles. The van der Waals surface area contributed by atoms with Crippen molar-refractivity contribution in [2.75, 3.05) is 32.3 Å². The molecule has 0 bridgehead atoms. The van der Waals surface area contributed by atoms with Crippen LogP contribution in [0, 0.1) is 0 Å². The van der Waals surface area contributed by atoms with Crippen LogP contribution in [0.5, 0.6) is 17.2 Å². The van der Waals surface area contributed by atoms with E-state index in [-0.39, 0.29) is 5.95 Å². The van der Waals surface area contributed by atoms with Crippen molar-refractivity contribution in [1.82, 2.24) is 9.97 Å². The Kier molecular flexibility index (Phi) is 6.95. The van der Waals surface area contributed by atoms with E-state index >= 15 is 0 Å². The molecule has 0 unspecified atom stereocenters. The third-order valence-corrected chi connectivity index (χ3v) is 4.84. The van der Waals surface area contributed by atoms with Gasteiger partial charge in [-0.1, -0.05) is 31.5 Å². The summed E-state index contributed by atoms with van der Waals surface area (Å²) in [6.07, 6.45) is 4.31. The third kappa shape index (κ3) is 4.74. The minimum Gasteiger partial charge on any atom is -0.494 e. The lowest BCUT2D eigenvalue weighted by Gasteiger charge is -2.18. The van der Waals surface area contributed by atoms with E-state index in [1.54, 1.807) is 20.4 Å². The lowest BCUT2D eigenvalue weighted by atomic mass is 9.94. The maximum absolute atomic E-state index is 6.06. The number of hydrogen-bond acceptors (Lipinski definition) is 7. The van der Waals surface area contributed by atoms with Gasteiger partial charge in [-0.3, -0.25) is 0 Å². The molecule has 2 aromatic carbocycles. The average Bonchev–Trinajstić information content (AvgIpc) is 2.76. The zero-order chi connectivity index (χ0) is 21.5. The highest BCUT2D eigenvalue weighted by molar-refractivity contribution is 5.78. The van der Waals surface area contributed by atoms with E-state index < -0.39 is 0 Å². The summed E-state index contributed by atoms with van der Waals surface area (Å²) in [6.45, 7) is 2.85. The highest BCUT2D eigenvalue weighted by Gasteiger charge is 2.18. The van der Waals surface area contributed by atoms with Crippen LogP contribution < -0.4 is 25.7 Å². The molecule has 4 N–H and O–H groups in total. The Hall–Kier alpha value is -3.48. The number of nitrogens with zero attached hydrogens (tertiary/aromatic N) is 2. The Morgan fingerprint density at radius 2 is 1.70 bits per heavy atom. The highest BCUT2D eigenvalue weighted by Crippen LogP contribution is 2.42. The van der Waals surface area contributed by atoms with Crippen LogP contribution in [-0.4, -0.2) is 30.8 Å². The molecule has 0 saturated heterocycles. The predicted octanol–water partition coefficient (Wildman–Crippen LogP) is 4.09. The van der Waals surface area contributed by atoms with Gasteiger partial charge in [0.05, 0.1) is 20.8 Å². The number of rotatable bonds is 9. The maximum Gasteiger partial charge on any atom is 0.221 e. The van der Waals surface area contributed by atoms with Gasteiger partial charge in [-0.15, -0.1) is 0 Å². The lowest BCUT2D eigenvalue weighted by Crippen LogP contribution is -2.05. The largest absolute Gasteiger partial charge is 0.494 e. The summed E-state index contributed by atoms with van der Waals surface area (Å²) in [5.74, 6) is 2.67. The number of nitrogen functional groups attached to an aromatic ring is 2. The van der Waals surface area contributed by atoms with Crippen molar-refractivity contribution in [1.29, 1.82) is 0 Å². The van der Waals surface area contributed by atoms with Gasteiger partial charge in [0.1, 0.15) is 11.6 Å². The summed E-state index contributed by atoms with van der Waals surface area (Å²) in [6, 6.07) is 11.9. The van der Waals surface area contributed by atoms with Gasteiger partial charge < -0.3 is 25.7 Å². The summed E-state index contributed by atoms with van der Waals surface area (Å²) in [5.41, 5.74) is 15.4. The monoisotopic (exact) mass is 408 g/mol. The van der Waals surface area contributed by atoms with Crippen molar-refractivity contribution in [2.45, 2.75) is 26.2 Å². The van der Waals surface area contributed by atoms with Crippen LogP contribution in [0.2, 0.25) is 0 Å². The van der Waals surface area contributed by atoms with Gasteiger partial charge in [-0.25, -0.2) is 4.98 Å². The fourth-order valence-corrected chi connectivity index (χ4v) is 3.26. The van der Waals surface area contributed by atoms with Crippen LogP contribution in [0.4, 0.5) is 11.8 Å². The summed E-state index contributed by atoms with van der Waals surface area (Å²) < 4.78 is 17.0. The highest BCUT2D eigenvalue weighted by atomic mass is 16.5. The van der Waals surface area contributed by atoms with Crippen molar-refractivity contribution in [3.63, 3.8) is 0 Å². The molecule has 0 radical (unpaired) electrons. The molecule has 7 heteroatoms. The smallest absolute Gasteiger partial charge is 0.221 e. The topological polar surface area (TPSA) is 106 Å². The van der Waals surface area contributed by atoms with E-state index in [2.05, 4.69) is 16.9 Å². The van der Waals surface area contributed by atoms with Crippen LogP contribution in [0.25, 0.3) is 11.1 Å². The number of unbranched alkanes of at least 4 members (excludes halogenated alkanes) is 1. The van der Waals surface area contributed by atoms with Crippen LogP contribution >= 0.6 is 0 Å². The molecule has 1 heterocycles. The minimum atomic E-state index is 0.155. The SMILES string of the molecule is CCCCOc1ccc(-c2c(Cc3cnc(N)nc3N)ccc(OC)c2OC)cc1. The molecule has 0 aliphatic heterocycles. The zero-order valence-electron chi connectivity index (χ0n) is 17.6. The average molecular weight is 409 g/mol. The fourth-order valence-electron chi connectivity index (χ4n) is 3.26. The number of aromatic nitrogens is 2. The zero-order valence-corrected chi connectivity index (χ0v) is 17.6. The van der Waals surface area contributed by atoms with Gasteiger partial charge in [0.15, 0.2) is 11.5 Å². The summed E-state index contributed by atoms with van der Waals surface area (Å²) in [7, 11) is 3.26. The maximum atomic E-state index is 6.06. The number of benzene rings is 2. The molecule has 0 fully saturated rings. The van der Waals surface area contributed by atoms with Crippen molar-refractivity contribution in [3.05, 3.63) is 53.7 Å². The first kappa shape index (κ1) is 21.2. The van der Waals surface area contributed by atoms with E-state index in [0.29, 0.717) is 30.3 Å². The van der Waals surface area contributed by atoms with Gasteiger partial charge in [0, 0.05) is 23.7 Å². The molecule has 1 aromatic heterocycles. The Bertz CT molecular complexity index is 990. The Balaban J connectivity index is 2.02. The second kappa shape index (κ2) is 9.82. The van der Waals surface area contributed by atoms with Crippen LogP contribution in [0.15, 0.2) is 42.6 Å². The Morgan fingerprint density at radius 3 is 2.33 bits per heavy atom. The molecule has 0 saturated carbocycles. The molecular weight excluding hydrogens is 380 g/mol. The first-order valence-corrected chi connectivity index (χ1v) is 9.91. The molecule has 0 atom stereocenters. The quantitative estimate of drug-likeness (QED) is 0.514. The minimum absolute atomic E-state index is 0.155. The van der Waals surface area contributed by atoms with Gasteiger partial charge in [0.2, 0.25) is 5.95 Å². The van der Waals surface area contributed by atoms with E-state index in [1.807, 2.05) is 36.4 Å². The van der Waals surface area contributed by atoms with Crippen molar-refractivity contribution < 1.29 is 14.2 Å². The number of methoxy groups -OCH3 is 2. The van der Waals surface area contributed by atoms with Gasteiger partial charge in [-0.2, -0.15) is 4.98 Å². The Morgan fingerprint density at radius 1 is 0.933 bits per heavy atom. The number of anilines is 2. The second-order valence-electron chi connectivity index (χ2n) is 6.88. The standard InChI is InChI=1S/C23H28N4O3/c1-4-5-12-30-18-9-6-15(7-10-18)20-16(8-11-19(28-2)21(20)29-3)13-17-14-26-23(25)27-22(17)24/h6-11,14H,4-5,12-13H2,1-3H3,(H4,24,25,26,27). The summed E-state index contributed by atoms with van der Waals surface area (Å²) in [5, 5.41) is 0. The third-order valence-electron chi connectivity index (χ3n) is 4.84. The molecule has 30 heavy (non-hydrogen) atoms. The lowest BCUT2D eigenvalue weighted by molar-refractivity contribution is 0.309. The molecular formula is C23H28N4O3. The molecule has 7 nitrogen and oxygen atoms in total. The van der Waals surface area contributed by atoms with Crippen molar-refractivity contribution >= 4 is 11.8 Å². The fraction of sp³-hybridized carbons (Fsp3) is 0.304. The number of hydrogen-bond donors (Lipinski definition) is 2. The number of nitrogens with two attached hydrogens (primary N) is 2. The summed E-state index contributed by atoms with van der Waals surface area (Å²) >= 11 is 0. The second-order valence-corrected chi connectivity index (χ2v) is 6.88. The molecule has 158 valence electrons. The molecule has 3 aromatic rings. The number of ether oxygens (including phenoxy) is 3. The van der Waals surface area contributed by atoms with Gasteiger partial charge in [0.25, 0.3) is 0 Å². The first-order valence-electron chi connectivity index (χ1n) is 9.91. The molecule has 0 amide bonds. The Labute approximate surface area is 177 Å². The predicted molar refractivity (Wildman–Crippen MR) is 119 cm³/mol. The first-order chi connectivity index (χ1) is 14.6. The molecule has 0 spiro atoms. The van der Waals surface area contributed by atoms with Gasteiger partial charge in [-0.05, 0) is 35.7 Å². The summed E-state index contributed by atoms with van der Waals surface area (Å²) in [4.78, 5) is 8.14. The van der Waals surface area contributed by atoms with E-state index in [9.17, 15) is 0 Å². The van der Waals surface area contributed by atoms with Crippen LogP contribution in [-0.2, 0) is 6.42 Å². The van der Waals surface area contributed by atoms with Crippen LogP contribution in [0.1, 0.15) is 30.9 Å². The van der Waals surface area contributed by atoms with E-state index in [0.717, 1.165) is 40.8 Å². The van der Waals surface area contributed by atoms with E-state index in [1.165, 1.54) is 0 Å². The van der Waals surface area contributed by atoms with Crippen molar-refractivity contribution in [3.8, 4) is 28.4 Å². The van der Waals surface area contributed by atoms with E-state index in [4.69, 9.17) is 25.7 Å². The normalized spacial score (nSPS) is 10.6. The van der Waals surface area contributed by atoms with Crippen LogP contribution in [0.3, 0.4) is 0 Å². The molecule has 0 aliphatic rings.